The molecule has 1 aliphatic rings. The SMILES string of the molecule is NCc1cnn(CC2Cc3ccccc3O2)c1. The second kappa shape index (κ2) is 4.22. The van der Waals surface area contributed by atoms with Crippen LogP contribution in [-0.2, 0) is 19.5 Å². The van der Waals surface area contributed by atoms with Crippen molar-refractivity contribution in [2.75, 3.05) is 0 Å². The van der Waals surface area contributed by atoms with Crippen molar-refractivity contribution in [3.63, 3.8) is 0 Å². The lowest BCUT2D eigenvalue weighted by Gasteiger charge is -2.10. The molecule has 4 heteroatoms. The van der Waals surface area contributed by atoms with E-state index in [-0.39, 0.29) is 6.10 Å². The van der Waals surface area contributed by atoms with E-state index in [4.69, 9.17) is 10.5 Å². The summed E-state index contributed by atoms with van der Waals surface area (Å²) in [6.45, 7) is 1.31. The second-order valence-corrected chi connectivity index (χ2v) is 4.33. The fraction of sp³-hybridized carbons (Fsp3) is 0.308. The van der Waals surface area contributed by atoms with Crippen molar-refractivity contribution < 1.29 is 4.74 Å². The molecule has 2 N–H and O–H groups in total. The van der Waals surface area contributed by atoms with Gasteiger partial charge in [-0.15, -0.1) is 0 Å². The number of hydrogen-bond donors (Lipinski definition) is 1. The van der Waals surface area contributed by atoms with Gasteiger partial charge in [0.15, 0.2) is 0 Å². The maximum atomic E-state index is 5.86. The van der Waals surface area contributed by atoms with E-state index >= 15 is 0 Å². The van der Waals surface area contributed by atoms with Crippen molar-refractivity contribution in [2.24, 2.45) is 5.73 Å². The van der Waals surface area contributed by atoms with Gasteiger partial charge >= 0.3 is 0 Å². The Hall–Kier alpha value is -1.81. The molecule has 0 aliphatic carbocycles. The van der Waals surface area contributed by atoms with E-state index in [0.29, 0.717) is 6.54 Å². The van der Waals surface area contributed by atoms with Gasteiger partial charge in [-0.25, -0.2) is 0 Å². The van der Waals surface area contributed by atoms with E-state index < -0.39 is 0 Å². The minimum Gasteiger partial charge on any atom is -0.488 e. The van der Waals surface area contributed by atoms with Crippen LogP contribution in [0.15, 0.2) is 36.7 Å². The van der Waals surface area contributed by atoms with Crippen LogP contribution in [0.3, 0.4) is 0 Å². The van der Waals surface area contributed by atoms with Crippen molar-refractivity contribution in [3.8, 4) is 5.75 Å². The van der Waals surface area contributed by atoms with E-state index in [2.05, 4.69) is 11.2 Å². The van der Waals surface area contributed by atoms with E-state index in [0.717, 1.165) is 24.3 Å². The zero-order chi connectivity index (χ0) is 11.7. The highest BCUT2D eigenvalue weighted by Gasteiger charge is 2.22. The number of rotatable bonds is 3. The Bertz CT molecular complexity index is 496. The number of nitrogens with zero attached hydrogens (tertiary/aromatic N) is 2. The third-order valence-corrected chi connectivity index (χ3v) is 3.03. The zero-order valence-electron chi connectivity index (χ0n) is 9.54. The zero-order valence-corrected chi connectivity index (χ0v) is 9.54. The topological polar surface area (TPSA) is 53.1 Å². The van der Waals surface area contributed by atoms with E-state index in [1.54, 1.807) is 0 Å². The lowest BCUT2D eigenvalue weighted by molar-refractivity contribution is 0.203. The highest BCUT2D eigenvalue weighted by Crippen LogP contribution is 2.28. The highest BCUT2D eigenvalue weighted by molar-refractivity contribution is 5.37. The molecule has 3 rings (SSSR count). The molecule has 0 saturated carbocycles. The number of hydrogen-bond acceptors (Lipinski definition) is 3. The molecule has 2 heterocycles. The van der Waals surface area contributed by atoms with Gasteiger partial charge < -0.3 is 10.5 Å². The van der Waals surface area contributed by atoms with Crippen LogP contribution >= 0.6 is 0 Å². The van der Waals surface area contributed by atoms with Crippen LogP contribution in [0.1, 0.15) is 11.1 Å². The Labute approximate surface area is 100 Å². The summed E-state index contributed by atoms with van der Waals surface area (Å²) in [6, 6.07) is 8.18. The third kappa shape index (κ3) is 2.03. The molecule has 0 radical (unpaired) electrons. The monoisotopic (exact) mass is 229 g/mol. The summed E-state index contributed by atoms with van der Waals surface area (Å²) in [5, 5.41) is 4.27. The molecular weight excluding hydrogens is 214 g/mol. The van der Waals surface area contributed by atoms with E-state index in [1.807, 2.05) is 35.3 Å². The van der Waals surface area contributed by atoms with Gasteiger partial charge in [0, 0.05) is 24.7 Å². The van der Waals surface area contributed by atoms with Crippen molar-refractivity contribution in [1.82, 2.24) is 9.78 Å². The van der Waals surface area contributed by atoms with Gasteiger partial charge in [0.25, 0.3) is 0 Å². The number of ether oxygens (including phenoxy) is 1. The first-order chi connectivity index (χ1) is 8.35. The molecule has 1 atom stereocenters. The number of aromatic nitrogens is 2. The van der Waals surface area contributed by atoms with Gasteiger partial charge in [0.05, 0.1) is 12.7 Å². The first kappa shape index (κ1) is 10.4. The maximum Gasteiger partial charge on any atom is 0.123 e. The lowest BCUT2D eigenvalue weighted by Crippen LogP contribution is -2.21. The number of nitrogens with two attached hydrogens (primary N) is 1. The predicted octanol–water partition coefficient (Wildman–Crippen LogP) is 1.35. The molecule has 2 aromatic rings. The smallest absolute Gasteiger partial charge is 0.123 e. The Kier molecular flexibility index (Phi) is 2.57. The summed E-state index contributed by atoms with van der Waals surface area (Å²) in [5.74, 6) is 1.00. The molecule has 1 aliphatic heterocycles. The molecule has 17 heavy (non-hydrogen) atoms. The van der Waals surface area contributed by atoms with Gasteiger partial charge in [-0.05, 0) is 11.6 Å². The molecule has 0 spiro atoms. The second-order valence-electron chi connectivity index (χ2n) is 4.33. The molecule has 1 aromatic heterocycles. The summed E-state index contributed by atoms with van der Waals surface area (Å²) in [4.78, 5) is 0. The normalized spacial score (nSPS) is 17.8. The van der Waals surface area contributed by atoms with Gasteiger partial charge in [-0.2, -0.15) is 5.10 Å². The lowest BCUT2D eigenvalue weighted by atomic mass is 10.1. The van der Waals surface area contributed by atoms with Crippen LogP contribution in [0.4, 0.5) is 0 Å². The third-order valence-electron chi connectivity index (χ3n) is 3.03. The molecule has 88 valence electrons. The summed E-state index contributed by atoms with van der Waals surface area (Å²) in [6.07, 6.45) is 4.92. The van der Waals surface area contributed by atoms with Gasteiger partial charge in [-0.1, -0.05) is 18.2 Å². The van der Waals surface area contributed by atoms with Gasteiger partial charge in [0.1, 0.15) is 11.9 Å². The van der Waals surface area contributed by atoms with Gasteiger partial charge in [-0.3, -0.25) is 4.68 Å². The molecule has 0 fully saturated rings. The summed E-state index contributed by atoms with van der Waals surface area (Å²) >= 11 is 0. The first-order valence-electron chi connectivity index (χ1n) is 5.81. The molecule has 1 unspecified atom stereocenters. The van der Waals surface area contributed by atoms with Crippen LogP contribution in [0.25, 0.3) is 0 Å². The standard InChI is InChI=1S/C13H15N3O/c14-6-10-7-15-16(8-10)9-12-5-11-3-1-2-4-13(11)17-12/h1-4,7-8,12H,5-6,9,14H2. The van der Waals surface area contributed by atoms with Crippen LogP contribution in [0.2, 0.25) is 0 Å². The fourth-order valence-electron chi connectivity index (χ4n) is 2.18. The first-order valence-corrected chi connectivity index (χ1v) is 5.81. The van der Waals surface area contributed by atoms with Crippen molar-refractivity contribution >= 4 is 0 Å². The average Bonchev–Trinajstić information content (AvgIpc) is 2.94. The van der Waals surface area contributed by atoms with Crippen LogP contribution in [-0.4, -0.2) is 15.9 Å². The Morgan fingerprint density at radius 2 is 2.29 bits per heavy atom. The predicted molar refractivity (Wildman–Crippen MR) is 64.7 cm³/mol. The molecule has 0 amide bonds. The molecule has 0 saturated heterocycles. The Morgan fingerprint density at radius 3 is 3.06 bits per heavy atom. The fourth-order valence-corrected chi connectivity index (χ4v) is 2.18. The molecule has 0 bridgehead atoms. The van der Waals surface area contributed by atoms with E-state index in [1.165, 1.54) is 5.56 Å². The van der Waals surface area contributed by atoms with Crippen molar-refractivity contribution in [1.29, 1.82) is 0 Å². The number of fused-ring (bicyclic) bond motifs is 1. The summed E-state index contributed by atoms with van der Waals surface area (Å²) in [5.41, 5.74) is 7.89. The van der Waals surface area contributed by atoms with Crippen LogP contribution in [0, 0.1) is 0 Å². The number of para-hydroxylation sites is 1. The largest absolute Gasteiger partial charge is 0.488 e. The van der Waals surface area contributed by atoms with Gasteiger partial charge in [0.2, 0.25) is 0 Å². The molecule has 4 nitrogen and oxygen atoms in total. The number of benzene rings is 1. The Morgan fingerprint density at radius 1 is 1.41 bits per heavy atom. The molecular formula is C13H15N3O. The highest BCUT2D eigenvalue weighted by atomic mass is 16.5. The van der Waals surface area contributed by atoms with Crippen molar-refractivity contribution in [3.05, 3.63) is 47.8 Å². The minimum absolute atomic E-state index is 0.179. The average molecular weight is 229 g/mol. The summed E-state index contributed by atoms with van der Waals surface area (Å²) in [7, 11) is 0. The quantitative estimate of drug-likeness (QED) is 0.864. The minimum atomic E-state index is 0.179. The van der Waals surface area contributed by atoms with Crippen LogP contribution in [0.5, 0.6) is 5.75 Å². The van der Waals surface area contributed by atoms with Crippen LogP contribution < -0.4 is 10.5 Å². The van der Waals surface area contributed by atoms with Crippen molar-refractivity contribution in [2.45, 2.75) is 25.6 Å². The maximum absolute atomic E-state index is 5.86. The molecule has 1 aromatic carbocycles. The summed E-state index contributed by atoms with van der Waals surface area (Å²) < 4.78 is 7.76. The Balaban J connectivity index is 1.69. The van der Waals surface area contributed by atoms with E-state index in [9.17, 15) is 0 Å².